The van der Waals surface area contributed by atoms with Crippen molar-refractivity contribution in [1.29, 1.82) is 0 Å². The summed E-state index contributed by atoms with van der Waals surface area (Å²) >= 11 is 0. The van der Waals surface area contributed by atoms with Crippen LogP contribution in [0.5, 0.6) is 0 Å². The number of aliphatic hydroxyl groups is 2. The Labute approximate surface area is 189 Å². The van der Waals surface area contributed by atoms with Crippen molar-refractivity contribution in [2.24, 2.45) is 0 Å². The number of nitrogens with zero attached hydrogens (tertiary/aromatic N) is 4. The van der Waals surface area contributed by atoms with Crippen LogP contribution in [0.4, 0.5) is 5.82 Å². The molecule has 154 valence electrons. The third-order valence-electron chi connectivity index (χ3n) is 3.61. The number of imidazole rings is 1. The van der Waals surface area contributed by atoms with Gasteiger partial charge in [-0.25, -0.2) is 24.1 Å². The molecule has 1 unspecified atom stereocenters. The zero-order valence-electron chi connectivity index (χ0n) is 15.9. The molecule has 0 saturated carbocycles. The van der Waals surface area contributed by atoms with Gasteiger partial charge < -0.3 is 38.2 Å². The third kappa shape index (κ3) is 5.26. The summed E-state index contributed by atoms with van der Waals surface area (Å²) in [7, 11) is -10.4. The maximum absolute atomic E-state index is 11.5. The van der Waals surface area contributed by atoms with E-state index in [2.05, 4.69) is 23.8 Å². The van der Waals surface area contributed by atoms with Crippen molar-refractivity contribution >= 4 is 70.4 Å². The topological polar surface area (TPSA) is 233 Å². The number of hydrogen-bond acceptors (Lipinski definition) is 11. The van der Waals surface area contributed by atoms with Crippen molar-refractivity contribution in [1.82, 2.24) is 19.5 Å². The van der Waals surface area contributed by atoms with Crippen LogP contribution in [0.15, 0.2) is 12.7 Å². The molecule has 0 amide bonds. The zero-order chi connectivity index (χ0) is 20.0. The van der Waals surface area contributed by atoms with Crippen LogP contribution in [-0.2, 0) is 22.7 Å². The predicted molar refractivity (Wildman–Crippen MR) is 92.5 cm³/mol. The number of aromatic nitrogens is 4. The number of ether oxygens (including phenoxy) is 1. The van der Waals surface area contributed by atoms with Crippen LogP contribution in [0, 0.1) is 0 Å². The average Bonchev–Trinajstić information content (AvgIpc) is 3.07. The second kappa shape index (κ2) is 8.86. The first kappa shape index (κ1) is 24.0. The van der Waals surface area contributed by atoms with E-state index in [9.17, 15) is 24.2 Å². The van der Waals surface area contributed by atoms with Crippen LogP contribution in [0.1, 0.15) is 9.08 Å². The van der Waals surface area contributed by atoms with Crippen molar-refractivity contribution in [2.75, 3.05) is 12.3 Å². The SMILES string of the molecule is Nc1ncnc2c1ncn2[C@@H]1O[C@H](COP(=O)(O)OP(=O)(O)O)[C@@H](O)[C@H]1O.[Ca+2].[H-].[H-]. The quantitative estimate of drug-likeness (QED) is 0.200. The van der Waals surface area contributed by atoms with Gasteiger partial charge in [-0.1, -0.05) is 0 Å². The summed E-state index contributed by atoms with van der Waals surface area (Å²) in [5.41, 5.74) is 6.11. The van der Waals surface area contributed by atoms with E-state index < -0.39 is 46.8 Å². The molecule has 0 bridgehead atoms. The third-order valence-corrected chi connectivity index (χ3v) is 5.76. The molecule has 0 aliphatic carbocycles. The molecule has 3 rings (SSSR count). The van der Waals surface area contributed by atoms with Gasteiger partial charge in [-0.3, -0.25) is 9.09 Å². The van der Waals surface area contributed by atoms with Gasteiger partial charge in [0.05, 0.1) is 12.9 Å². The molecule has 28 heavy (non-hydrogen) atoms. The molecular formula is C10H17CaN5O10P2. The summed E-state index contributed by atoms with van der Waals surface area (Å²) in [6.45, 7) is -0.813. The number of nitrogen functional groups attached to an aromatic ring is 1. The molecule has 15 nitrogen and oxygen atoms in total. The number of aliphatic hydroxyl groups excluding tert-OH is 2. The molecule has 7 N–H and O–H groups in total. The van der Waals surface area contributed by atoms with E-state index in [1.807, 2.05) is 0 Å². The molecule has 2 aromatic heterocycles. The molecule has 0 spiro atoms. The first-order valence-corrected chi connectivity index (χ1v) is 10.2. The molecule has 1 aliphatic rings. The van der Waals surface area contributed by atoms with Gasteiger partial charge in [0, 0.05) is 0 Å². The smallest absolute Gasteiger partial charge is 1.00 e. The Bertz CT molecular complexity index is 949. The van der Waals surface area contributed by atoms with Crippen molar-refractivity contribution < 1.29 is 50.4 Å². The normalized spacial score (nSPS) is 27.5. The molecule has 0 radical (unpaired) electrons. The summed E-state index contributed by atoms with van der Waals surface area (Å²) in [5, 5.41) is 20.3. The largest absolute Gasteiger partial charge is 2.00 e. The molecule has 1 fully saturated rings. The van der Waals surface area contributed by atoms with Crippen LogP contribution in [-0.4, -0.2) is 107 Å². The molecule has 0 aromatic carbocycles. The second-order valence-electron chi connectivity index (χ2n) is 5.47. The number of fused-ring (bicyclic) bond motifs is 1. The van der Waals surface area contributed by atoms with Gasteiger partial charge in [-0.15, -0.1) is 0 Å². The van der Waals surface area contributed by atoms with Gasteiger partial charge in [0.15, 0.2) is 17.7 Å². The summed E-state index contributed by atoms with van der Waals surface area (Å²) in [6.07, 6.45) is -3.20. The van der Waals surface area contributed by atoms with Gasteiger partial charge in [-0.2, -0.15) is 4.31 Å². The maximum Gasteiger partial charge on any atom is 2.00 e. The number of anilines is 1. The Hall–Kier alpha value is -0.250. The maximum atomic E-state index is 11.5. The van der Waals surface area contributed by atoms with E-state index >= 15 is 0 Å². The molecular weight excluding hydrogens is 452 g/mol. The van der Waals surface area contributed by atoms with Crippen molar-refractivity contribution in [3.63, 3.8) is 0 Å². The van der Waals surface area contributed by atoms with Gasteiger partial charge >= 0.3 is 53.4 Å². The second-order valence-corrected chi connectivity index (χ2v) is 8.30. The van der Waals surface area contributed by atoms with Gasteiger partial charge in [0.25, 0.3) is 0 Å². The van der Waals surface area contributed by atoms with E-state index in [4.69, 9.17) is 20.3 Å². The predicted octanol–water partition coefficient (Wildman–Crippen LogP) is -1.90. The Morgan fingerprint density at radius 2 is 1.89 bits per heavy atom. The first-order chi connectivity index (χ1) is 12.5. The van der Waals surface area contributed by atoms with Crippen LogP contribution < -0.4 is 5.73 Å². The van der Waals surface area contributed by atoms with Crippen LogP contribution in [0.2, 0.25) is 0 Å². The summed E-state index contributed by atoms with van der Waals surface area (Å²) in [5.74, 6) is 0.0856. The van der Waals surface area contributed by atoms with Gasteiger partial charge in [0.2, 0.25) is 0 Å². The van der Waals surface area contributed by atoms with Gasteiger partial charge in [0.1, 0.15) is 30.2 Å². The van der Waals surface area contributed by atoms with Crippen molar-refractivity contribution in [3.8, 4) is 0 Å². The number of nitrogens with two attached hydrogens (primary N) is 1. The minimum atomic E-state index is -5.29. The Kier molecular flexibility index (Phi) is 7.60. The molecule has 1 saturated heterocycles. The average molecular weight is 469 g/mol. The fraction of sp³-hybridized carbons (Fsp3) is 0.500. The van der Waals surface area contributed by atoms with E-state index in [-0.39, 0.29) is 57.6 Å². The Morgan fingerprint density at radius 1 is 1.21 bits per heavy atom. The van der Waals surface area contributed by atoms with Gasteiger partial charge in [-0.05, 0) is 0 Å². The number of rotatable bonds is 6. The summed E-state index contributed by atoms with van der Waals surface area (Å²) in [4.78, 5) is 38.1. The van der Waals surface area contributed by atoms with E-state index in [0.29, 0.717) is 0 Å². The van der Waals surface area contributed by atoms with E-state index in [0.717, 1.165) is 6.33 Å². The monoisotopic (exact) mass is 469 g/mol. The zero-order valence-corrected chi connectivity index (χ0v) is 17.9. The molecule has 18 heteroatoms. The minimum absolute atomic E-state index is 0. The molecule has 5 atom stereocenters. The number of hydrogen-bond donors (Lipinski definition) is 6. The van der Waals surface area contributed by atoms with E-state index in [1.54, 1.807) is 0 Å². The fourth-order valence-electron chi connectivity index (χ4n) is 2.48. The molecule has 1 aliphatic heterocycles. The van der Waals surface area contributed by atoms with Crippen LogP contribution in [0.3, 0.4) is 0 Å². The van der Waals surface area contributed by atoms with Crippen molar-refractivity contribution in [2.45, 2.75) is 24.5 Å². The number of phosphoric ester groups is 1. The van der Waals surface area contributed by atoms with E-state index in [1.165, 1.54) is 10.9 Å². The first-order valence-electron chi connectivity index (χ1n) is 7.17. The minimum Gasteiger partial charge on any atom is -1.00 e. The Balaban J connectivity index is 0.00000280. The summed E-state index contributed by atoms with van der Waals surface area (Å²) in [6, 6.07) is 0. The fourth-order valence-corrected chi connectivity index (χ4v) is 4.08. The van der Waals surface area contributed by atoms with Crippen molar-refractivity contribution in [3.05, 3.63) is 12.7 Å². The molecule has 3 heterocycles. The van der Waals surface area contributed by atoms with Crippen LogP contribution >= 0.6 is 15.6 Å². The van der Waals surface area contributed by atoms with Crippen LogP contribution in [0.25, 0.3) is 11.2 Å². The standard InChI is InChI=1S/C10H15N5O10P2.Ca.2H/c11-8-5-9(13-2-12-8)15(3-14-5)10-7(17)6(16)4(24-10)1-23-27(21,22)25-26(18,19)20;;;/h2-4,6-7,10,16-17H,1H2,(H,21,22)(H2,11,12,13)(H2,18,19,20);;;/q;+2;2*-1/t4-,6-,7-,10-;;;/m1.../s1. The molecule has 2 aromatic rings. The Morgan fingerprint density at radius 3 is 2.54 bits per heavy atom. The number of phosphoric acid groups is 2. The summed E-state index contributed by atoms with van der Waals surface area (Å²) < 4.78 is 36.8.